The van der Waals surface area contributed by atoms with E-state index >= 15 is 0 Å². The van der Waals surface area contributed by atoms with Crippen LogP contribution in [-0.4, -0.2) is 27.8 Å². The van der Waals surface area contributed by atoms with E-state index < -0.39 is 6.10 Å². The fourth-order valence-electron chi connectivity index (χ4n) is 4.27. The first-order valence-electron chi connectivity index (χ1n) is 9.89. The van der Waals surface area contributed by atoms with Crippen LogP contribution in [0, 0.1) is 0 Å². The minimum atomic E-state index is -0.740. The second kappa shape index (κ2) is 7.70. The Hall–Kier alpha value is -2.15. The predicted octanol–water partition coefficient (Wildman–Crippen LogP) is 3.21. The smallest absolute Gasteiger partial charge is 0.305 e. The van der Waals surface area contributed by atoms with Crippen LogP contribution in [-0.2, 0) is 25.7 Å². The van der Waals surface area contributed by atoms with Crippen LogP contribution in [0.1, 0.15) is 47.8 Å². The van der Waals surface area contributed by atoms with Gasteiger partial charge in [-0.05, 0) is 54.0 Å². The molecule has 0 saturated heterocycles. The molecule has 4 N–H and O–H groups in total. The Balaban J connectivity index is 1.47. The van der Waals surface area contributed by atoms with E-state index in [4.69, 9.17) is 0 Å². The Morgan fingerprint density at radius 1 is 1.18 bits per heavy atom. The number of aryl methyl sites for hydroxylation is 2. The van der Waals surface area contributed by atoms with Crippen LogP contribution in [0.4, 0.5) is 0 Å². The van der Waals surface area contributed by atoms with Crippen molar-refractivity contribution in [3.05, 3.63) is 61.8 Å². The van der Waals surface area contributed by atoms with Crippen LogP contribution in [0.3, 0.4) is 0 Å². The third-order valence-electron chi connectivity index (χ3n) is 5.76. The first-order valence-corrected chi connectivity index (χ1v) is 10.7. The van der Waals surface area contributed by atoms with E-state index in [2.05, 4.69) is 36.3 Å². The molecule has 0 fully saturated rings. The van der Waals surface area contributed by atoms with Gasteiger partial charge in [0.05, 0.1) is 10.8 Å². The van der Waals surface area contributed by atoms with E-state index in [1.54, 1.807) is 6.07 Å². The fraction of sp³-hybridized carbons (Fsp3) is 0.409. The van der Waals surface area contributed by atoms with Gasteiger partial charge in [0.2, 0.25) is 0 Å². The molecule has 0 radical (unpaired) electrons. The lowest BCUT2D eigenvalue weighted by molar-refractivity contribution is 0.171. The summed E-state index contributed by atoms with van der Waals surface area (Å²) < 4.78 is 0.620. The number of aromatic nitrogens is 1. The molecule has 2 aromatic carbocycles. The van der Waals surface area contributed by atoms with E-state index in [1.165, 1.54) is 28.3 Å². The Bertz CT molecular complexity index is 1040. The average Bonchev–Trinajstić information content (AvgIpc) is 3.27. The number of aromatic hydroxyl groups is 1. The Kier molecular flexibility index (Phi) is 5.27. The van der Waals surface area contributed by atoms with Gasteiger partial charge < -0.3 is 20.5 Å². The first-order chi connectivity index (χ1) is 13.5. The number of aromatic amines is 1. The van der Waals surface area contributed by atoms with Crippen molar-refractivity contribution < 1.29 is 10.2 Å². The SMILES string of the molecule is CCc1cc2c(cc1CC)CC(NCC(O)c1ccc(O)c3[nH]c(=O)sc13)C2. The number of hydrogen-bond acceptors (Lipinski definition) is 5. The van der Waals surface area contributed by atoms with Crippen molar-refractivity contribution in [1.29, 1.82) is 0 Å². The lowest BCUT2D eigenvalue weighted by atomic mass is 9.97. The molecule has 1 atom stereocenters. The maximum Gasteiger partial charge on any atom is 0.305 e. The summed E-state index contributed by atoms with van der Waals surface area (Å²) in [6, 6.07) is 8.23. The normalized spacial score (nSPS) is 15.2. The molecule has 1 heterocycles. The molecule has 0 aliphatic heterocycles. The van der Waals surface area contributed by atoms with Gasteiger partial charge in [0.1, 0.15) is 11.3 Å². The highest BCUT2D eigenvalue weighted by Crippen LogP contribution is 2.32. The molecule has 1 unspecified atom stereocenters. The van der Waals surface area contributed by atoms with Gasteiger partial charge >= 0.3 is 4.87 Å². The maximum absolute atomic E-state index is 11.7. The summed E-state index contributed by atoms with van der Waals surface area (Å²) in [5.41, 5.74) is 6.78. The monoisotopic (exact) mass is 398 g/mol. The van der Waals surface area contributed by atoms with Crippen LogP contribution in [0.5, 0.6) is 5.75 Å². The molecular weight excluding hydrogens is 372 g/mol. The Morgan fingerprint density at radius 2 is 1.82 bits per heavy atom. The van der Waals surface area contributed by atoms with Gasteiger partial charge in [-0.3, -0.25) is 4.79 Å². The number of hydrogen-bond donors (Lipinski definition) is 4. The highest BCUT2D eigenvalue weighted by Gasteiger charge is 2.24. The van der Waals surface area contributed by atoms with Crippen molar-refractivity contribution in [2.75, 3.05) is 6.54 Å². The number of aliphatic hydroxyl groups is 1. The van der Waals surface area contributed by atoms with E-state index in [1.807, 2.05) is 0 Å². The van der Waals surface area contributed by atoms with Gasteiger partial charge in [-0.2, -0.15) is 0 Å². The molecule has 28 heavy (non-hydrogen) atoms. The summed E-state index contributed by atoms with van der Waals surface area (Å²) in [7, 11) is 0. The van der Waals surface area contributed by atoms with Crippen LogP contribution < -0.4 is 10.2 Å². The highest BCUT2D eigenvalue weighted by atomic mass is 32.1. The summed E-state index contributed by atoms with van der Waals surface area (Å²) >= 11 is 1.02. The van der Waals surface area contributed by atoms with Crippen molar-refractivity contribution in [2.45, 2.75) is 51.7 Å². The van der Waals surface area contributed by atoms with Crippen molar-refractivity contribution in [2.24, 2.45) is 0 Å². The minimum Gasteiger partial charge on any atom is -0.506 e. The van der Waals surface area contributed by atoms with Crippen LogP contribution in [0.25, 0.3) is 10.2 Å². The van der Waals surface area contributed by atoms with Crippen LogP contribution in [0.15, 0.2) is 29.1 Å². The molecule has 0 amide bonds. The van der Waals surface area contributed by atoms with Crippen LogP contribution >= 0.6 is 11.3 Å². The zero-order valence-electron chi connectivity index (χ0n) is 16.2. The zero-order chi connectivity index (χ0) is 19.8. The van der Waals surface area contributed by atoms with Gasteiger partial charge in [0.25, 0.3) is 0 Å². The number of aliphatic hydroxyl groups excluding tert-OH is 1. The number of benzene rings is 2. The van der Waals surface area contributed by atoms with Crippen molar-refractivity contribution >= 4 is 21.6 Å². The molecule has 1 aliphatic rings. The quantitative estimate of drug-likeness (QED) is 0.514. The number of H-pyrrole nitrogens is 1. The molecule has 1 aliphatic carbocycles. The predicted molar refractivity (Wildman–Crippen MR) is 113 cm³/mol. The summed E-state index contributed by atoms with van der Waals surface area (Å²) in [5.74, 6) is 0.0296. The molecule has 5 nitrogen and oxygen atoms in total. The minimum absolute atomic E-state index is 0.0296. The van der Waals surface area contributed by atoms with E-state index in [0.717, 1.165) is 37.0 Å². The molecule has 4 rings (SSSR count). The first kappa shape index (κ1) is 19.2. The number of rotatable bonds is 6. The highest BCUT2D eigenvalue weighted by molar-refractivity contribution is 7.16. The summed E-state index contributed by atoms with van der Waals surface area (Å²) in [5, 5.41) is 24.1. The third-order valence-corrected chi connectivity index (χ3v) is 6.69. The van der Waals surface area contributed by atoms with Crippen molar-refractivity contribution in [3.63, 3.8) is 0 Å². The second-order valence-electron chi connectivity index (χ2n) is 7.52. The van der Waals surface area contributed by atoms with Crippen LogP contribution in [0.2, 0.25) is 0 Å². The van der Waals surface area contributed by atoms with Gasteiger partial charge in [-0.1, -0.05) is 43.4 Å². The lowest BCUT2D eigenvalue weighted by Gasteiger charge is -2.17. The van der Waals surface area contributed by atoms with Crippen molar-refractivity contribution in [1.82, 2.24) is 10.3 Å². The molecule has 1 aromatic heterocycles. The Labute approximate surface area is 168 Å². The molecule has 0 saturated carbocycles. The van der Waals surface area contributed by atoms with Gasteiger partial charge in [0.15, 0.2) is 0 Å². The fourth-order valence-corrected chi connectivity index (χ4v) is 5.19. The average molecular weight is 399 g/mol. The third kappa shape index (κ3) is 3.48. The largest absolute Gasteiger partial charge is 0.506 e. The number of nitrogens with one attached hydrogen (secondary N) is 2. The number of phenolic OH excluding ortho intramolecular Hbond substituents is 1. The molecule has 148 valence electrons. The topological polar surface area (TPSA) is 85.3 Å². The molecular formula is C22H26N2O3S. The maximum atomic E-state index is 11.7. The molecule has 6 heteroatoms. The van der Waals surface area contributed by atoms with E-state index in [9.17, 15) is 15.0 Å². The van der Waals surface area contributed by atoms with Gasteiger partial charge in [-0.15, -0.1) is 0 Å². The summed E-state index contributed by atoms with van der Waals surface area (Å²) in [6.45, 7) is 4.82. The number of fused-ring (bicyclic) bond motifs is 2. The lowest BCUT2D eigenvalue weighted by Crippen LogP contribution is -2.33. The van der Waals surface area contributed by atoms with E-state index in [0.29, 0.717) is 28.4 Å². The standard InChI is InChI=1S/C22H26N2O3S/c1-3-12-7-14-9-16(10-15(14)8-13(12)4-2)23-11-19(26)17-5-6-18(25)20-21(17)28-22(27)24-20/h5-8,16,19,23,25-26H,3-4,9-11H2,1-2H3,(H,24,27). The Morgan fingerprint density at radius 3 is 2.43 bits per heavy atom. The zero-order valence-corrected chi connectivity index (χ0v) is 17.0. The van der Waals surface area contributed by atoms with Crippen molar-refractivity contribution in [3.8, 4) is 5.75 Å². The number of thiazole rings is 1. The molecule has 3 aromatic rings. The van der Waals surface area contributed by atoms with Gasteiger partial charge in [-0.25, -0.2) is 0 Å². The molecule has 0 bridgehead atoms. The number of phenols is 1. The van der Waals surface area contributed by atoms with Gasteiger partial charge in [0, 0.05) is 18.2 Å². The van der Waals surface area contributed by atoms with E-state index in [-0.39, 0.29) is 10.6 Å². The molecule has 0 spiro atoms. The summed E-state index contributed by atoms with van der Waals surface area (Å²) in [4.78, 5) is 14.1. The second-order valence-corrected chi connectivity index (χ2v) is 8.50. The summed E-state index contributed by atoms with van der Waals surface area (Å²) in [6.07, 6.45) is 3.33.